The number of thioether (sulfide) groups is 2. The fraction of sp³-hybridized carbons (Fsp3) is 0.400. The number of aromatic nitrogens is 3. The third kappa shape index (κ3) is 5.21. The Labute approximate surface area is 217 Å². The smallest absolute Gasteiger partial charge is 0.353 e. The highest BCUT2D eigenvalue weighted by atomic mass is 32.2. The van der Waals surface area contributed by atoms with Crippen molar-refractivity contribution in [3.63, 3.8) is 0 Å². The van der Waals surface area contributed by atoms with Gasteiger partial charge in [-0.25, -0.2) is 9.78 Å². The van der Waals surface area contributed by atoms with Crippen LogP contribution in [0.3, 0.4) is 0 Å². The van der Waals surface area contributed by atoms with E-state index in [2.05, 4.69) is 24.8 Å². The second-order valence-corrected chi connectivity index (χ2v) is 10.8. The van der Waals surface area contributed by atoms with Gasteiger partial charge in [-0.05, 0) is 30.2 Å². The number of allylic oxidation sites excluding steroid dienone is 1. The second-order valence-electron chi connectivity index (χ2n) is 7.77. The van der Waals surface area contributed by atoms with Crippen molar-refractivity contribution < 1.29 is 19.5 Å². The maximum Gasteiger partial charge on any atom is 0.353 e. The summed E-state index contributed by atoms with van der Waals surface area (Å²) in [6, 6.07) is 0.521. The van der Waals surface area contributed by atoms with Crippen LogP contribution in [-0.2, 0) is 20.1 Å². The highest BCUT2D eigenvalue weighted by Crippen LogP contribution is 2.44. The van der Waals surface area contributed by atoms with Crippen LogP contribution >= 0.6 is 35.1 Å². The Balaban J connectivity index is 1.51. The van der Waals surface area contributed by atoms with Crippen LogP contribution in [0.1, 0.15) is 30.4 Å². The average Bonchev–Trinajstić information content (AvgIpc) is 3.29. The SMILES string of the molecule is NCCSCc1ncccc1SC1=C(C(=O)O)N2C(=O)[C@@H](NC(=O)C(N=O)c3nsc(N)n3)[C@H]2CC1. The molecule has 2 amide bonds. The Morgan fingerprint density at radius 3 is 2.89 bits per heavy atom. The Bertz CT molecular complexity index is 1220. The van der Waals surface area contributed by atoms with Crippen molar-refractivity contribution >= 4 is 58.0 Å². The number of amides is 2. The Morgan fingerprint density at radius 2 is 2.22 bits per heavy atom. The molecule has 0 spiro atoms. The molecule has 0 aliphatic carbocycles. The zero-order valence-corrected chi connectivity index (χ0v) is 21.1. The molecule has 3 atom stereocenters. The maximum absolute atomic E-state index is 13.0. The lowest BCUT2D eigenvalue weighted by Gasteiger charge is -2.50. The molecule has 36 heavy (non-hydrogen) atoms. The first-order chi connectivity index (χ1) is 17.3. The van der Waals surface area contributed by atoms with Crippen molar-refractivity contribution in [3.05, 3.63) is 45.4 Å². The first kappa shape index (κ1) is 26.0. The predicted octanol–water partition coefficient (Wildman–Crippen LogP) is 1.09. The van der Waals surface area contributed by atoms with Gasteiger partial charge in [-0.2, -0.15) is 16.1 Å². The minimum absolute atomic E-state index is 0.0700. The van der Waals surface area contributed by atoms with Gasteiger partial charge in [0.15, 0.2) is 11.0 Å². The Morgan fingerprint density at radius 1 is 1.42 bits per heavy atom. The van der Waals surface area contributed by atoms with E-state index in [4.69, 9.17) is 11.5 Å². The summed E-state index contributed by atoms with van der Waals surface area (Å²) >= 11 is 3.72. The standard InChI is InChI=1S/C20H22N8O5S3/c21-5-7-34-8-9-11(2-1-6-23-9)35-12-4-3-10-13(18(30)28(10)15(12)19(31)32)24-17(29)14(26-33)16-25-20(22)36-27-16/h1-2,6,10,13-14H,3-5,7-8,21H2,(H,24,29)(H,31,32)(H2,22,25,27)/t10-,13+,14?/m1/s1. The van der Waals surface area contributed by atoms with Crippen LogP contribution in [0.2, 0.25) is 0 Å². The molecule has 4 heterocycles. The highest BCUT2D eigenvalue weighted by molar-refractivity contribution is 8.03. The van der Waals surface area contributed by atoms with E-state index in [1.807, 2.05) is 6.07 Å². The molecule has 13 nitrogen and oxygen atoms in total. The minimum Gasteiger partial charge on any atom is -0.477 e. The molecule has 0 radical (unpaired) electrons. The normalized spacial score (nSPS) is 19.9. The van der Waals surface area contributed by atoms with Gasteiger partial charge in [0.05, 0.1) is 11.7 Å². The summed E-state index contributed by atoms with van der Waals surface area (Å²) in [4.78, 5) is 59.8. The molecule has 2 aliphatic heterocycles. The molecule has 4 rings (SSSR count). The molecule has 1 saturated heterocycles. The summed E-state index contributed by atoms with van der Waals surface area (Å²) in [6.07, 6.45) is 2.49. The quantitative estimate of drug-likeness (QED) is 0.176. The average molecular weight is 551 g/mol. The molecule has 0 bridgehead atoms. The van der Waals surface area contributed by atoms with E-state index in [0.717, 1.165) is 27.9 Å². The van der Waals surface area contributed by atoms with Crippen molar-refractivity contribution in [2.45, 2.75) is 41.6 Å². The van der Waals surface area contributed by atoms with Crippen molar-refractivity contribution in [1.29, 1.82) is 0 Å². The zero-order chi connectivity index (χ0) is 25.8. The number of rotatable bonds is 11. The van der Waals surface area contributed by atoms with Crippen LogP contribution in [0.25, 0.3) is 0 Å². The van der Waals surface area contributed by atoms with Gasteiger partial charge in [-0.3, -0.25) is 19.5 Å². The van der Waals surface area contributed by atoms with Gasteiger partial charge in [-0.15, -0.1) is 4.91 Å². The van der Waals surface area contributed by atoms with Crippen LogP contribution in [-0.4, -0.2) is 66.5 Å². The van der Waals surface area contributed by atoms with Gasteiger partial charge in [0.2, 0.25) is 6.04 Å². The molecular weight excluding hydrogens is 528 g/mol. The topological polar surface area (TPSA) is 207 Å². The summed E-state index contributed by atoms with van der Waals surface area (Å²) in [5.41, 5.74) is 11.8. The van der Waals surface area contributed by atoms with E-state index in [9.17, 15) is 24.4 Å². The largest absolute Gasteiger partial charge is 0.477 e. The molecule has 2 aromatic rings. The van der Waals surface area contributed by atoms with Crippen LogP contribution < -0.4 is 16.8 Å². The number of nitrogens with one attached hydrogen (secondary N) is 1. The van der Waals surface area contributed by atoms with Crippen LogP contribution in [0.5, 0.6) is 0 Å². The first-order valence-corrected chi connectivity index (χ1v) is 13.5. The van der Waals surface area contributed by atoms with E-state index >= 15 is 0 Å². The number of carboxylic acids is 1. The van der Waals surface area contributed by atoms with Gasteiger partial charge in [0, 0.05) is 45.6 Å². The number of aliphatic carboxylic acids is 1. The van der Waals surface area contributed by atoms with Crippen LogP contribution in [0, 0.1) is 4.91 Å². The summed E-state index contributed by atoms with van der Waals surface area (Å²) in [5, 5.41) is 15.3. The number of hydrogen-bond acceptors (Lipinski definition) is 13. The Kier molecular flexibility index (Phi) is 8.17. The van der Waals surface area contributed by atoms with Crippen molar-refractivity contribution in [2.75, 3.05) is 18.0 Å². The van der Waals surface area contributed by atoms with E-state index in [1.165, 1.54) is 16.7 Å². The molecular formula is C20H22N8O5S3. The molecule has 1 unspecified atom stereocenters. The highest BCUT2D eigenvalue weighted by Gasteiger charge is 2.54. The van der Waals surface area contributed by atoms with E-state index in [-0.39, 0.29) is 16.7 Å². The van der Waals surface area contributed by atoms with Crippen LogP contribution in [0.4, 0.5) is 5.13 Å². The maximum atomic E-state index is 13.0. The number of carbonyl (C=O) groups is 3. The minimum atomic E-state index is -1.56. The fourth-order valence-electron chi connectivity index (χ4n) is 3.94. The van der Waals surface area contributed by atoms with Gasteiger partial charge in [0.1, 0.15) is 11.7 Å². The van der Waals surface area contributed by atoms with E-state index in [1.54, 1.807) is 24.0 Å². The number of nitrogens with two attached hydrogens (primary N) is 2. The molecule has 16 heteroatoms. The zero-order valence-electron chi connectivity index (χ0n) is 18.7. The van der Waals surface area contributed by atoms with Crippen molar-refractivity contribution in [3.8, 4) is 0 Å². The molecule has 0 saturated carbocycles. The fourth-order valence-corrected chi connectivity index (χ4v) is 6.39. The number of hydrogen-bond donors (Lipinski definition) is 4. The predicted molar refractivity (Wildman–Crippen MR) is 135 cm³/mol. The summed E-state index contributed by atoms with van der Waals surface area (Å²) in [6.45, 7) is 0.544. The monoisotopic (exact) mass is 550 g/mol. The third-order valence-electron chi connectivity index (χ3n) is 5.53. The number of anilines is 1. The molecule has 6 N–H and O–H groups in total. The molecule has 2 aromatic heterocycles. The lowest BCUT2D eigenvalue weighted by molar-refractivity contribution is -0.156. The van der Waals surface area contributed by atoms with E-state index in [0.29, 0.717) is 30.0 Å². The molecule has 190 valence electrons. The third-order valence-corrected chi connectivity index (χ3v) is 8.32. The van der Waals surface area contributed by atoms with Crippen LogP contribution in [0.15, 0.2) is 39.0 Å². The number of pyridine rings is 1. The molecule has 2 aliphatic rings. The van der Waals surface area contributed by atoms with Crippen molar-refractivity contribution in [2.24, 2.45) is 10.9 Å². The molecule has 0 aromatic carbocycles. The van der Waals surface area contributed by atoms with Gasteiger partial charge >= 0.3 is 5.97 Å². The first-order valence-electron chi connectivity index (χ1n) is 10.8. The molecule has 1 fully saturated rings. The number of fused-ring (bicyclic) bond motifs is 1. The Hall–Kier alpha value is -3.08. The number of carbonyl (C=O) groups excluding carboxylic acids is 2. The summed E-state index contributed by atoms with van der Waals surface area (Å²) in [5.74, 6) is -1.42. The number of β-lactam (4-membered cyclic amide) rings is 1. The lowest BCUT2D eigenvalue weighted by Crippen LogP contribution is -2.71. The number of nitrogens with zero attached hydrogens (tertiary/aromatic N) is 5. The van der Waals surface area contributed by atoms with Gasteiger partial charge < -0.3 is 21.9 Å². The van der Waals surface area contributed by atoms with E-state index < -0.39 is 35.9 Å². The lowest BCUT2D eigenvalue weighted by atomic mass is 9.86. The number of nitroso groups, excluding NO2 is 1. The summed E-state index contributed by atoms with van der Waals surface area (Å²) in [7, 11) is 0. The van der Waals surface area contributed by atoms with Gasteiger partial charge in [-0.1, -0.05) is 11.8 Å². The van der Waals surface area contributed by atoms with Gasteiger partial charge in [0.25, 0.3) is 11.8 Å². The summed E-state index contributed by atoms with van der Waals surface area (Å²) < 4.78 is 3.83. The number of carboxylic acid groups (broad SMARTS) is 1. The number of nitrogen functional groups attached to an aromatic ring is 1. The second kappa shape index (κ2) is 11.3. The van der Waals surface area contributed by atoms with Crippen molar-refractivity contribution in [1.82, 2.24) is 24.6 Å².